The van der Waals surface area contributed by atoms with Crippen molar-refractivity contribution in [1.82, 2.24) is 9.80 Å². The molecule has 0 aromatic carbocycles. The molecule has 0 spiro atoms. The molecule has 1 saturated heterocycles. The number of aliphatic carboxylic acids is 1. The van der Waals surface area contributed by atoms with E-state index in [-0.39, 0.29) is 17.7 Å². The summed E-state index contributed by atoms with van der Waals surface area (Å²) in [5.41, 5.74) is 0. The van der Waals surface area contributed by atoms with Crippen LogP contribution in [0.3, 0.4) is 0 Å². The summed E-state index contributed by atoms with van der Waals surface area (Å²) in [5, 5.41) is 9.01. The lowest BCUT2D eigenvalue weighted by atomic mass is 9.81. The van der Waals surface area contributed by atoms with Crippen molar-refractivity contribution in [2.24, 2.45) is 17.8 Å². The second kappa shape index (κ2) is 7.25. The molecule has 2 fully saturated rings. The van der Waals surface area contributed by atoms with E-state index in [2.05, 4.69) is 18.7 Å². The molecule has 5 nitrogen and oxygen atoms in total. The van der Waals surface area contributed by atoms with E-state index in [4.69, 9.17) is 5.11 Å². The fourth-order valence-electron chi connectivity index (χ4n) is 3.51. The Labute approximate surface area is 127 Å². The van der Waals surface area contributed by atoms with Crippen LogP contribution in [-0.2, 0) is 9.59 Å². The monoisotopic (exact) mass is 296 g/mol. The number of carboxylic acid groups (broad SMARTS) is 1. The highest BCUT2D eigenvalue weighted by Gasteiger charge is 2.33. The number of piperazine rings is 1. The van der Waals surface area contributed by atoms with Crippen LogP contribution in [0.1, 0.15) is 39.5 Å². The van der Waals surface area contributed by atoms with Gasteiger partial charge in [0.15, 0.2) is 0 Å². The van der Waals surface area contributed by atoms with Crippen LogP contribution >= 0.6 is 0 Å². The van der Waals surface area contributed by atoms with Crippen LogP contribution in [0.5, 0.6) is 0 Å². The van der Waals surface area contributed by atoms with Gasteiger partial charge >= 0.3 is 5.97 Å². The third-order valence-electron chi connectivity index (χ3n) is 4.73. The van der Waals surface area contributed by atoms with E-state index in [0.29, 0.717) is 18.8 Å². The minimum Gasteiger partial charge on any atom is -0.481 e. The number of carbonyl (C=O) groups excluding carboxylic acids is 1. The minimum atomic E-state index is -0.705. The number of nitrogens with zero attached hydrogens (tertiary/aromatic N) is 2. The highest BCUT2D eigenvalue weighted by atomic mass is 16.4. The molecule has 5 heteroatoms. The average Bonchev–Trinajstić information content (AvgIpc) is 2.47. The van der Waals surface area contributed by atoms with Crippen molar-refractivity contribution in [3.05, 3.63) is 0 Å². The first kappa shape index (κ1) is 16.3. The molecule has 0 radical (unpaired) electrons. The van der Waals surface area contributed by atoms with E-state index in [9.17, 15) is 9.59 Å². The number of hydrogen-bond acceptors (Lipinski definition) is 3. The van der Waals surface area contributed by atoms with Crippen molar-refractivity contribution in [1.29, 1.82) is 0 Å². The summed E-state index contributed by atoms with van der Waals surface area (Å²) in [6.45, 7) is 9.13. The van der Waals surface area contributed by atoms with Gasteiger partial charge in [0.2, 0.25) is 5.91 Å². The van der Waals surface area contributed by atoms with Crippen molar-refractivity contribution in [2.45, 2.75) is 39.5 Å². The molecule has 1 aliphatic carbocycles. The first-order valence-electron chi connectivity index (χ1n) is 8.21. The topological polar surface area (TPSA) is 60.9 Å². The number of rotatable bonds is 4. The Hall–Kier alpha value is -1.10. The van der Waals surface area contributed by atoms with Crippen LogP contribution in [0, 0.1) is 17.8 Å². The smallest absolute Gasteiger partial charge is 0.306 e. The maximum atomic E-state index is 12.5. The third-order valence-corrected chi connectivity index (χ3v) is 4.73. The number of hydrogen-bond donors (Lipinski definition) is 1. The Morgan fingerprint density at radius 3 is 2.00 bits per heavy atom. The molecule has 0 unspecified atom stereocenters. The molecule has 1 heterocycles. The predicted molar refractivity (Wildman–Crippen MR) is 80.9 cm³/mol. The number of carbonyl (C=O) groups is 2. The molecule has 1 aliphatic heterocycles. The van der Waals surface area contributed by atoms with Crippen molar-refractivity contribution in [3.8, 4) is 0 Å². The number of carboxylic acids is 1. The van der Waals surface area contributed by atoms with Gasteiger partial charge in [0, 0.05) is 38.6 Å². The van der Waals surface area contributed by atoms with E-state index in [1.165, 1.54) is 0 Å². The predicted octanol–water partition coefficient (Wildman–Crippen LogP) is 1.68. The van der Waals surface area contributed by atoms with Crippen LogP contribution in [0.4, 0.5) is 0 Å². The first-order chi connectivity index (χ1) is 9.97. The lowest BCUT2D eigenvalue weighted by Gasteiger charge is -2.38. The van der Waals surface area contributed by atoms with Crippen molar-refractivity contribution >= 4 is 11.9 Å². The van der Waals surface area contributed by atoms with Crippen LogP contribution in [0.2, 0.25) is 0 Å². The molecule has 0 aromatic heterocycles. The summed E-state index contributed by atoms with van der Waals surface area (Å²) in [6.07, 6.45) is 2.78. The summed E-state index contributed by atoms with van der Waals surface area (Å²) in [5.74, 6) is 0.0268. The van der Waals surface area contributed by atoms with Crippen LogP contribution in [-0.4, -0.2) is 59.5 Å². The van der Waals surface area contributed by atoms with Gasteiger partial charge in [-0.3, -0.25) is 14.5 Å². The fourth-order valence-corrected chi connectivity index (χ4v) is 3.51. The standard InChI is InChI=1S/C16H28N2O3/c1-12(2)11-17-7-9-18(10-8-17)15(19)13-3-5-14(6-4-13)16(20)21/h12-14H,3-11H2,1-2H3,(H,20,21). The van der Waals surface area contributed by atoms with Gasteiger partial charge < -0.3 is 10.0 Å². The molecule has 0 atom stereocenters. The Kier molecular flexibility index (Phi) is 5.62. The van der Waals surface area contributed by atoms with E-state index in [1.54, 1.807) is 0 Å². The molecule has 1 saturated carbocycles. The van der Waals surface area contributed by atoms with Crippen molar-refractivity contribution in [2.75, 3.05) is 32.7 Å². The molecular formula is C16H28N2O3. The third kappa shape index (κ3) is 4.43. The van der Waals surface area contributed by atoms with Crippen LogP contribution in [0.25, 0.3) is 0 Å². The largest absolute Gasteiger partial charge is 0.481 e. The molecule has 21 heavy (non-hydrogen) atoms. The van der Waals surface area contributed by atoms with Crippen LogP contribution < -0.4 is 0 Å². The van der Waals surface area contributed by atoms with E-state index in [0.717, 1.165) is 45.6 Å². The van der Waals surface area contributed by atoms with Gasteiger partial charge in [-0.15, -0.1) is 0 Å². The summed E-state index contributed by atoms with van der Waals surface area (Å²) in [7, 11) is 0. The molecule has 120 valence electrons. The summed E-state index contributed by atoms with van der Waals surface area (Å²) >= 11 is 0. The van der Waals surface area contributed by atoms with Gasteiger partial charge in [0.05, 0.1) is 5.92 Å². The highest BCUT2D eigenvalue weighted by molar-refractivity contribution is 5.79. The molecule has 1 amide bonds. The Morgan fingerprint density at radius 1 is 1.00 bits per heavy atom. The number of amides is 1. The fraction of sp³-hybridized carbons (Fsp3) is 0.875. The van der Waals surface area contributed by atoms with Gasteiger partial charge in [0.1, 0.15) is 0 Å². The van der Waals surface area contributed by atoms with Crippen LogP contribution in [0.15, 0.2) is 0 Å². The lowest BCUT2D eigenvalue weighted by molar-refractivity contribution is -0.146. The maximum Gasteiger partial charge on any atom is 0.306 e. The summed E-state index contributed by atoms with van der Waals surface area (Å²) in [4.78, 5) is 27.9. The molecular weight excluding hydrogens is 268 g/mol. The zero-order valence-corrected chi connectivity index (χ0v) is 13.3. The molecule has 0 aromatic rings. The second-order valence-corrected chi connectivity index (χ2v) is 6.91. The first-order valence-corrected chi connectivity index (χ1v) is 8.21. The molecule has 1 N–H and O–H groups in total. The highest BCUT2D eigenvalue weighted by Crippen LogP contribution is 2.30. The Bertz CT molecular complexity index is 368. The quantitative estimate of drug-likeness (QED) is 0.857. The average molecular weight is 296 g/mol. The van der Waals surface area contributed by atoms with Crippen molar-refractivity contribution in [3.63, 3.8) is 0 Å². The van der Waals surface area contributed by atoms with Gasteiger partial charge in [-0.25, -0.2) is 0 Å². The second-order valence-electron chi connectivity index (χ2n) is 6.91. The minimum absolute atomic E-state index is 0.0530. The summed E-state index contributed by atoms with van der Waals surface area (Å²) < 4.78 is 0. The van der Waals surface area contributed by atoms with E-state index >= 15 is 0 Å². The lowest BCUT2D eigenvalue weighted by Crippen LogP contribution is -2.51. The van der Waals surface area contributed by atoms with E-state index < -0.39 is 5.97 Å². The van der Waals surface area contributed by atoms with Gasteiger partial charge in [-0.2, -0.15) is 0 Å². The Morgan fingerprint density at radius 2 is 1.52 bits per heavy atom. The molecule has 2 aliphatic rings. The van der Waals surface area contributed by atoms with E-state index in [1.807, 2.05) is 4.90 Å². The maximum absolute atomic E-state index is 12.5. The van der Waals surface area contributed by atoms with Gasteiger partial charge in [-0.1, -0.05) is 13.8 Å². The van der Waals surface area contributed by atoms with Gasteiger partial charge in [-0.05, 0) is 31.6 Å². The molecule has 0 bridgehead atoms. The van der Waals surface area contributed by atoms with Gasteiger partial charge in [0.25, 0.3) is 0 Å². The molecule has 2 rings (SSSR count). The zero-order chi connectivity index (χ0) is 15.4. The zero-order valence-electron chi connectivity index (χ0n) is 13.3. The normalized spacial score (nSPS) is 27.9. The SMILES string of the molecule is CC(C)CN1CCN(C(=O)C2CCC(C(=O)O)CC2)CC1. The van der Waals surface area contributed by atoms with Crippen molar-refractivity contribution < 1.29 is 14.7 Å². The summed E-state index contributed by atoms with van der Waals surface area (Å²) in [6, 6.07) is 0. The Balaban J connectivity index is 1.76.